The highest BCUT2D eigenvalue weighted by Gasteiger charge is 2.03. The van der Waals surface area contributed by atoms with E-state index in [9.17, 15) is 0 Å². The molecule has 2 aromatic carbocycles. The van der Waals surface area contributed by atoms with Crippen molar-refractivity contribution in [3.63, 3.8) is 0 Å². The van der Waals surface area contributed by atoms with Crippen LogP contribution >= 0.6 is 39.3 Å². The van der Waals surface area contributed by atoms with Crippen molar-refractivity contribution in [2.75, 3.05) is 0 Å². The predicted octanol–water partition coefficient (Wildman–Crippen LogP) is 4.75. The molecule has 2 aromatic rings. The molecule has 0 unspecified atom stereocenters. The monoisotopic (exact) mass is 328 g/mol. The fraction of sp³-hybridized carbons (Fsp3) is 0.0769. The first-order chi connectivity index (χ1) is 8.19. The van der Waals surface area contributed by atoms with Gasteiger partial charge in [0, 0.05) is 19.3 Å². The molecule has 0 aliphatic heterocycles. The normalized spacial score (nSPS) is 10.5. The van der Waals surface area contributed by atoms with Crippen LogP contribution in [0, 0.1) is 0 Å². The second kappa shape index (κ2) is 5.91. The van der Waals surface area contributed by atoms with E-state index in [2.05, 4.69) is 15.9 Å². The summed E-state index contributed by atoms with van der Waals surface area (Å²) < 4.78 is 0.990. The molecule has 1 nitrogen and oxygen atoms in total. The molecule has 0 radical (unpaired) electrons. The predicted molar refractivity (Wildman–Crippen MR) is 75.6 cm³/mol. The van der Waals surface area contributed by atoms with Gasteiger partial charge in [0.1, 0.15) is 0 Å². The summed E-state index contributed by atoms with van der Waals surface area (Å²) in [4.78, 5) is 2.25. The van der Waals surface area contributed by atoms with Gasteiger partial charge in [0.25, 0.3) is 0 Å². The van der Waals surface area contributed by atoms with Gasteiger partial charge < -0.3 is 5.11 Å². The van der Waals surface area contributed by atoms with E-state index in [-0.39, 0.29) is 6.61 Å². The SMILES string of the molecule is OCc1ccc(Sc2ccc(Cl)cc2)c(Br)c1. The zero-order valence-corrected chi connectivity index (χ0v) is 12.0. The molecule has 0 aliphatic carbocycles. The van der Waals surface area contributed by atoms with E-state index >= 15 is 0 Å². The number of halogens is 2. The summed E-state index contributed by atoms with van der Waals surface area (Å²) >= 11 is 11.0. The lowest BCUT2D eigenvalue weighted by atomic mass is 10.2. The van der Waals surface area contributed by atoms with Crippen molar-refractivity contribution in [2.24, 2.45) is 0 Å². The molecule has 1 N–H and O–H groups in total. The minimum absolute atomic E-state index is 0.0600. The highest BCUT2D eigenvalue weighted by Crippen LogP contribution is 2.34. The van der Waals surface area contributed by atoms with Crippen molar-refractivity contribution in [2.45, 2.75) is 16.4 Å². The second-order valence-electron chi connectivity index (χ2n) is 3.48. The van der Waals surface area contributed by atoms with Crippen molar-refractivity contribution >= 4 is 39.3 Å². The molecule has 0 saturated carbocycles. The minimum Gasteiger partial charge on any atom is -0.392 e. The summed E-state index contributed by atoms with van der Waals surface area (Å²) in [7, 11) is 0. The highest BCUT2D eigenvalue weighted by molar-refractivity contribution is 9.10. The highest BCUT2D eigenvalue weighted by atomic mass is 79.9. The first kappa shape index (κ1) is 13.0. The smallest absolute Gasteiger partial charge is 0.0682 e. The molecule has 0 aromatic heterocycles. The Morgan fingerprint density at radius 1 is 1.12 bits per heavy atom. The Bertz CT molecular complexity index is 513. The molecule has 0 aliphatic rings. The van der Waals surface area contributed by atoms with Gasteiger partial charge in [0.2, 0.25) is 0 Å². The van der Waals surface area contributed by atoms with Crippen molar-refractivity contribution in [3.05, 3.63) is 57.5 Å². The maximum atomic E-state index is 9.03. The molecule has 17 heavy (non-hydrogen) atoms. The van der Waals surface area contributed by atoms with E-state index in [0.717, 1.165) is 24.8 Å². The lowest BCUT2D eigenvalue weighted by molar-refractivity contribution is 0.281. The van der Waals surface area contributed by atoms with Gasteiger partial charge in [-0.3, -0.25) is 0 Å². The molecule has 0 spiro atoms. The van der Waals surface area contributed by atoms with Crippen LogP contribution in [-0.2, 0) is 6.61 Å². The fourth-order valence-electron chi connectivity index (χ4n) is 1.36. The van der Waals surface area contributed by atoms with E-state index in [1.165, 1.54) is 0 Å². The molecule has 0 fully saturated rings. The Labute approximate surface area is 118 Å². The third-order valence-electron chi connectivity index (χ3n) is 2.22. The average molecular weight is 330 g/mol. The van der Waals surface area contributed by atoms with Gasteiger partial charge in [-0.1, -0.05) is 29.4 Å². The van der Waals surface area contributed by atoms with E-state index in [0.29, 0.717) is 0 Å². The van der Waals surface area contributed by atoms with Gasteiger partial charge in [0.15, 0.2) is 0 Å². The summed E-state index contributed by atoms with van der Waals surface area (Å²) in [5.74, 6) is 0. The maximum Gasteiger partial charge on any atom is 0.0682 e. The summed E-state index contributed by atoms with van der Waals surface area (Å²) in [6, 6.07) is 13.6. The largest absolute Gasteiger partial charge is 0.392 e. The Balaban J connectivity index is 2.21. The van der Waals surface area contributed by atoms with Crippen molar-refractivity contribution in [1.29, 1.82) is 0 Å². The second-order valence-corrected chi connectivity index (χ2v) is 5.88. The lowest BCUT2D eigenvalue weighted by Crippen LogP contribution is -1.84. The van der Waals surface area contributed by atoms with Crippen LogP contribution in [0.1, 0.15) is 5.56 Å². The van der Waals surface area contributed by atoms with Crippen LogP contribution in [0.4, 0.5) is 0 Å². The number of aliphatic hydroxyl groups is 1. The van der Waals surface area contributed by atoms with Crippen molar-refractivity contribution in [3.8, 4) is 0 Å². The van der Waals surface area contributed by atoms with Crippen molar-refractivity contribution < 1.29 is 5.11 Å². The third-order valence-corrected chi connectivity index (χ3v) is 4.47. The van der Waals surface area contributed by atoms with Crippen LogP contribution in [0.2, 0.25) is 5.02 Å². The Kier molecular flexibility index (Phi) is 4.51. The molecule has 0 amide bonds. The molecule has 0 atom stereocenters. The zero-order valence-electron chi connectivity index (χ0n) is 8.86. The Morgan fingerprint density at radius 3 is 2.41 bits per heavy atom. The molecular formula is C13H10BrClOS. The summed E-state index contributed by atoms with van der Waals surface area (Å²) in [6.07, 6.45) is 0. The van der Waals surface area contributed by atoms with Crippen LogP contribution in [0.25, 0.3) is 0 Å². The minimum atomic E-state index is 0.0600. The molecular weight excluding hydrogens is 320 g/mol. The quantitative estimate of drug-likeness (QED) is 0.877. The molecule has 0 saturated heterocycles. The van der Waals surface area contributed by atoms with Crippen LogP contribution < -0.4 is 0 Å². The number of aliphatic hydroxyl groups excluding tert-OH is 1. The van der Waals surface area contributed by atoms with Gasteiger partial charge in [-0.15, -0.1) is 0 Å². The fourth-order valence-corrected chi connectivity index (χ4v) is 2.97. The van der Waals surface area contributed by atoms with Gasteiger partial charge in [0.05, 0.1) is 6.61 Å². The van der Waals surface area contributed by atoms with Crippen LogP contribution in [0.5, 0.6) is 0 Å². The average Bonchev–Trinajstić information content (AvgIpc) is 2.34. The molecule has 4 heteroatoms. The van der Waals surface area contributed by atoms with E-state index < -0.39 is 0 Å². The number of hydrogen-bond acceptors (Lipinski definition) is 2. The van der Waals surface area contributed by atoms with Crippen LogP contribution in [0.3, 0.4) is 0 Å². The Hall–Kier alpha value is -0.480. The summed E-state index contributed by atoms with van der Waals surface area (Å²) in [6.45, 7) is 0.0600. The summed E-state index contributed by atoms with van der Waals surface area (Å²) in [5.41, 5.74) is 0.900. The van der Waals surface area contributed by atoms with Gasteiger partial charge in [-0.05, 0) is 57.9 Å². The molecule has 88 valence electrons. The van der Waals surface area contributed by atoms with Gasteiger partial charge in [-0.2, -0.15) is 0 Å². The lowest BCUT2D eigenvalue weighted by Gasteiger charge is -2.06. The van der Waals surface area contributed by atoms with E-state index in [1.54, 1.807) is 11.8 Å². The first-order valence-electron chi connectivity index (χ1n) is 5.02. The van der Waals surface area contributed by atoms with Gasteiger partial charge >= 0.3 is 0 Å². The summed E-state index contributed by atoms with van der Waals surface area (Å²) in [5, 5.41) is 9.77. The zero-order chi connectivity index (χ0) is 12.3. The van der Waals surface area contributed by atoms with Crippen molar-refractivity contribution in [1.82, 2.24) is 0 Å². The topological polar surface area (TPSA) is 20.2 Å². The molecule has 2 rings (SSSR count). The maximum absolute atomic E-state index is 9.03. The standard InChI is InChI=1S/C13H10BrClOS/c14-12-7-9(8-16)1-6-13(12)17-11-4-2-10(15)3-5-11/h1-7,16H,8H2. The third kappa shape index (κ3) is 3.49. The number of benzene rings is 2. The van der Waals surface area contributed by atoms with Gasteiger partial charge in [-0.25, -0.2) is 0 Å². The Morgan fingerprint density at radius 2 is 1.82 bits per heavy atom. The van der Waals surface area contributed by atoms with E-state index in [1.807, 2.05) is 42.5 Å². The number of hydrogen-bond donors (Lipinski definition) is 1. The van der Waals surface area contributed by atoms with E-state index in [4.69, 9.17) is 16.7 Å². The number of rotatable bonds is 3. The van der Waals surface area contributed by atoms with Crippen LogP contribution in [0.15, 0.2) is 56.7 Å². The molecule has 0 bridgehead atoms. The molecule has 0 heterocycles. The first-order valence-corrected chi connectivity index (χ1v) is 7.00. The van der Waals surface area contributed by atoms with Crippen LogP contribution in [-0.4, -0.2) is 5.11 Å².